The molecule has 2 fully saturated rings. The van der Waals surface area contributed by atoms with Gasteiger partial charge in [0.05, 0.1) is 12.7 Å². The Balaban J connectivity index is 1.41. The fraction of sp³-hybridized carbons (Fsp3) is 0.680. The van der Waals surface area contributed by atoms with Crippen molar-refractivity contribution < 1.29 is 13.5 Å². The Kier molecular flexibility index (Phi) is 8.51. The summed E-state index contributed by atoms with van der Waals surface area (Å²) in [5, 5.41) is 0. The molecule has 2 atom stereocenters. The van der Waals surface area contributed by atoms with Crippen molar-refractivity contribution in [1.29, 1.82) is 0 Å². The fourth-order valence-corrected chi connectivity index (χ4v) is 4.98. The normalized spacial score (nSPS) is 28.1. The second kappa shape index (κ2) is 11.1. The first-order valence-corrected chi connectivity index (χ1v) is 11.4. The molecule has 1 aromatic carbocycles. The highest BCUT2D eigenvalue weighted by molar-refractivity contribution is 5.26. The molecule has 28 heavy (non-hydrogen) atoms. The number of unbranched alkanes of at least 4 members (excludes halogenated alkanes) is 3. The van der Waals surface area contributed by atoms with Gasteiger partial charge in [0.15, 0.2) is 0 Å². The zero-order valence-corrected chi connectivity index (χ0v) is 17.3. The number of hydrogen-bond donors (Lipinski definition) is 0. The molecule has 0 aromatic heterocycles. The van der Waals surface area contributed by atoms with E-state index in [0.29, 0.717) is 17.9 Å². The Morgan fingerprint density at radius 3 is 2.32 bits per heavy atom. The number of ether oxygens (including phenoxy) is 1. The lowest BCUT2D eigenvalue weighted by molar-refractivity contribution is -0.0420. The van der Waals surface area contributed by atoms with Crippen molar-refractivity contribution >= 4 is 0 Å². The monoisotopic (exact) mass is 390 g/mol. The van der Waals surface area contributed by atoms with E-state index in [0.717, 1.165) is 44.8 Å². The second-order valence-corrected chi connectivity index (χ2v) is 8.83. The lowest BCUT2D eigenvalue weighted by atomic mass is 9.77. The molecule has 0 bridgehead atoms. The van der Waals surface area contributed by atoms with Crippen LogP contribution in [0, 0.1) is 11.8 Å². The molecule has 0 spiro atoms. The van der Waals surface area contributed by atoms with Gasteiger partial charge in [0.2, 0.25) is 0 Å². The van der Waals surface area contributed by atoms with Crippen LogP contribution in [0.4, 0.5) is 8.78 Å². The van der Waals surface area contributed by atoms with Crippen LogP contribution in [0.3, 0.4) is 0 Å². The molecule has 0 amide bonds. The van der Waals surface area contributed by atoms with Crippen molar-refractivity contribution in [1.82, 2.24) is 0 Å². The molecule has 3 heteroatoms. The molecule has 1 saturated carbocycles. The van der Waals surface area contributed by atoms with E-state index in [1.165, 1.54) is 49.7 Å². The molecule has 0 radical (unpaired) electrons. The van der Waals surface area contributed by atoms with Gasteiger partial charge in [0.25, 0.3) is 6.08 Å². The quantitative estimate of drug-likeness (QED) is 0.414. The van der Waals surface area contributed by atoms with Gasteiger partial charge in [-0.3, -0.25) is 0 Å². The minimum Gasteiger partial charge on any atom is -0.377 e. The first kappa shape index (κ1) is 21.5. The summed E-state index contributed by atoms with van der Waals surface area (Å²) in [6, 6.07) is 9.19. The Hall–Kier alpha value is -1.22. The van der Waals surface area contributed by atoms with Crippen molar-refractivity contribution in [3.8, 4) is 0 Å². The van der Waals surface area contributed by atoms with Crippen molar-refractivity contribution in [3.63, 3.8) is 0 Å². The van der Waals surface area contributed by atoms with Crippen LogP contribution in [0.25, 0.3) is 0 Å². The lowest BCUT2D eigenvalue weighted by Crippen LogP contribution is -2.33. The molecule has 3 rings (SSSR count). The van der Waals surface area contributed by atoms with Gasteiger partial charge >= 0.3 is 0 Å². The van der Waals surface area contributed by atoms with E-state index in [1.807, 2.05) is 0 Å². The summed E-state index contributed by atoms with van der Waals surface area (Å²) in [6.07, 6.45) is 12.5. The van der Waals surface area contributed by atoms with Crippen LogP contribution < -0.4 is 0 Å². The van der Waals surface area contributed by atoms with Crippen LogP contribution in [-0.2, 0) is 11.2 Å². The molecule has 2 aliphatic rings. The maximum absolute atomic E-state index is 12.4. The zero-order valence-electron chi connectivity index (χ0n) is 17.3. The van der Waals surface area contributed by atoms with Crippen LogP contribution >= 0.6 is 0 Å². The maximum atomic E-state index is 12.4. The molecular weight excluding hydrogens is 354 g/mol. The summed E-state index contributed by atoms with van der Waals surface area (Å²) in [7, 11) is 0. The van der Waals surface area contributed by atoms with Gasteiger partial charge in [-0.2, -0.15) is 8.78 Å². The highest BCUT2D eigenvalue weighted by atomic mass is 19.3. The lowest BCUT2D eigenvalue weighted by Gasteiger charge is -2.37. The predicted molar refractivity (Wildman–Crippen MR) is 112 cm³/mol. The number of allylic oxidation sites excluding steroid dienone is 1. The predicted octanol–water partition coefficient (Wildman–Crippen LogP) is 7.66. The molecule has 0 N–H and O–H groups in total. The van der Waals surface area contributed by atoms with Gasteiger partial charge < -0.3 is 4.74 Å². The second-order valence-electron chi connectivity index (χ2n) is 8.83. The summed E-state index contributed by atoms with van der Waals surface area (Å²) in [5.74, 6) is 1.13. The van der Waals surface area contributed by atoms with Crippen LogP contribution in [0.2, 0.25) is 0 Å². The van der Waals surface area contributed by atoms with Gasteiger partial charge in [-0.15, -0.1) is 0 Å². The van der Waals surface area contributed by atoms with Crippen LogP contribution in [0.15, 0.2) is 36.4 Å². The van der Waals surface area contributed by atoms with E-state index in [2.05, 4.69) is 31.2 Å². The van der Waals surface area contributed by atoms with E-state index >= 15 is 0 Å². The third kappa shape index (κ3) is 6.40. The Bertz CT molecular complexity index is 589. The molecule has 1 aromatic rings. The topological polar surface area (TPSA) is 9.23 Å². The minimum atomic E-state index is -1.52. The fourth-order valence-electron chi connectivity index (χ4n) is 4.98. The summed E-state index contributed by atoms with van der Waals surface area (Å²) in [4.78, 5) is 0. The zero-order chi connectivity index (χ0) is 19.8. The van der Waals surface area contributed by atoms with Gasteiger partial charge in [0.1, 0.15) is 0 Å². The maximum Gasteiger partial charge on any atom is 0.266 e. The molecule has 156 valence electrons. The Labute approximate surface area is 169 Å². The molecule has 1 aliphatic heterocycles. The largest absolute Gasteiger partial charge is 0.377 e. The molecule has 1 nitrogen and oxygen atoms in total. The smallest absolute Gasteiger partial charge is 0.266 e. The van der Waals surface area contributed by atoms with Crippen molar-refractivity contribution in [3.05, 3.63) is 47.5 Å². The average Bonchev–Trinajstić information content (AvgIpc) is 2.72. The van der Waals surface area contributed by atoms with E-state index in [9.17, 15) is 8.78 Å². The number of hydrogen-bond acceptors (Lipinski definition) is 1. The van der Waals surface area contributed by atoms with Crippen molar-refractivity contribution in [2.45, 2.75) is 89.6 Å². The summed E-state index contributed by atoms with van der Waals surface area (Å²) in [6.45, 7) is 3.06. The van der Waals surface area contributed by atoms with Gasteiger partial charge in [-0.05, 0) is 80.4 Å². The van der Waals surface area contributed by atoms with E-state index < -0.39 is 6.08 Å². The molecular formula is C25H36F2O. The molecule has 2 unspecified atom stereocenters. The van der Waals surface area contributed by atoms with E-state index in [4.69, 9.17) is 4.74 Å². The number of rotatable bonds is 8. The number of halogens is 2. The summed E-state index contributed by atoms with van der Waals surface area (Å²) >= 11 is 0. The summed E-state index contributed by atoms with van der Waals surface area (Å²) in [5.41, 5.74) is 2.85. The third-order valence-electron chi connectivity index (χ3n) is 6.79. The molecule has 1 aliphatic carbocycles. The van der Waals surface area contributed by atoms with Gasteiger partial charge in [-0.25, -0.2) is 0 Å². The van der Waals surface area contributed by atoms with Crippen LogP contribution in [0.5, 0.6) is 0 Å². The first-order chi connectivity index (χ1) is 13.7. The molecule has 1 heterocycles. The number of aryl methyl sites for hydroxylation is 1. The standard InChI is InChI=1S/C25H36F2O/c1-2-3-4-5-6-19-7-11-21(12-8-19)23-15-16-24(28-18-23)22-13-9-20(10-14-22)17-25(26)27/h7-8,11-12,17,20,22-24H,2-6,9-10,13-16,18H2,1H3. The van der Waals surface area contributed by atoms with Crippen LogP contribution in [0.1, 0.15) is 88.2 Å². The molecule has 1 saturated heterocycles. The van der Waals surface area contributed by atoms with E-state index in [1.54, 1.807) is 0 Å². The average molecular weight is 391 g/mol. The Morgan fingerprint density at radius 2 is 1.71 bits per heavy atom. The highest BCUT2D eigenvalue weighted by Gasteiger charge is 2.31. The summed E-state index contributed by atoms with van der Waals surface area (Å²) < 4.78 is 31.1. The number of benzene rings is 1. The minimum absolute atomic E-state index is 0.0677. The van der Waals surface area contributed by atoms with E-state index in [-0.39, 0.29) is 5.92 Å². The SMILES string of the molecule is CCCCCCc1ccc(C2CCC(C3CCC(C=C(F)F)CC3)OC2)cc1. The van der Waals surface area contributed by atoms with Gasteiger partial charge in [-0.1, -0.05) is 50.5 Å². The van der Waals surface area contributed by atoms with Gasteiger partial charge in [0, 0.05) is 5.92 Å². The van der Waals surface area contributed by atoms with Crippen LogP contribution in [-0.4, -0.2) is 12.7 Å². The Morgan fingerprint density at radius 1 is 0.964 bits per heavy atom. The van der Waals surface area contributed by atoms with Crippen molar-refractivity contribution in [2.24, 2.45) is 11.8 Å². The first-order valence-electron chi connectivity index (χ1n) is 11.4. The highest BCUT2D eigenvalue weighted by Crippen LogP contribution is 2.38. The third-order valence-corrected chi connectivity index (χ3v) is 6.79. The van der Waals surface area contributed by atoms with Crippen molar-refractivity contribution in [2.75, 3.05) is 6.61 Å².